The summed E-state index contributed by atoms with van der Waals surface area (Å²) in [5.74, 6) is 0.845. The highest BCUT2D eigenvalue weighted by Gasteiger charge is 2.42. The molecule has 0 unspecified atom stereocenters. The normalized spacial score (nSPS) is 21.6. The monoisotopic (exact) mass is 376 g/mol. The predicted octanol–water partition coefficient (Wildman–Crippen LogP) is 2.26. The van der Waals surface area contributed by atoms with Crippen molar-refractivity contribution in [2.24, 2.45) is 5.92 Å². The summed E-state index contributed by atoms with van der Waals surface area (Å²) in [5.41, 5.74) is 3.21. The fourth-order valence-corrected chi connectivity index (χ4v) is 4.31. The van der Waals surface area contributed by atoms with Crippen LogP contribution in [0.2, 0.25) is 0 Å². The number of rotatable bonds is 5. The summed E-state index contributed by atoms with van der Waals surface area (Å²) in [6, 6.07) is 6.41. The average Bonchev–Trinajstić information content (AvgIpc) is 3.43. The van der Waals surface area contributed by atoms with E-state index in [1.165, 1.54) is 5.57 Å². The van der Waals surface area contributed by atoms with Crippen LogP contribution >= 0.6 is 0 Å². The van der Waals surface area contributed by atoms with E-state index in [0.29, 0.717) is 12.2 Å². The second kappa shape index (κ2) is 6.73. The quantitative estimate of drug-likeness (QED) is 0.744. The summed E-state index contributed by atoms with van der Waals surface area (Å²) in [7, 11) is 0. The van der Waals surface area contributed by atoms with Gasteiger partial charge in [0, 0.05) is 43.7 Å². The SMILES string of the molecule is N#CCC1(N2CC=C(c3cc(NC(=O)C4CC4)nc4[nH]ccc34)CC2)CNC1. The molecule has 0 bridgehead atoms. The number of hydrogen-bond acceptors (Lipinski definition) is 5. The molecule has 7 nitrogen and oxygen atoms in total. The fraction of sp³-hybridized carbons (Fsp3) is 0.476. The summed E-state index contributed by atoms with van der Waals surface area (Å²) in [4.78, 5) is 22.4. The van der Waals surface area contributed by atoms with Crippen molar-refractivity contribution in [3.05, 3.63) is 30.0 Å². The molecule has 0 spiro atoms. The Labute approximate surface area is 163 Å². The van der Waals surface area contributed by atoms with E-state index in [0.717, 1.165) is 62.0 Å². The Hall–Kier alpha value is -2.69. The molecule has 0 aromatic carbocycles. The van der Waals surface area contributed by atoms with E-state index in [1.54, 1.807) is 0 Å². The lowest BCUT2D eigenvalue weighted by Gasteiger charge is -2.50. The Morgan fingerprint density at radius 2 is 2.29 bits per heavy atom. The molecule has 2 aromatic rings. The molecule has 28 heavy (non-hydrogen) atoms. The first-order valence-electron chi connectivity index (χ1n) is 10.00. The molecule has 0 radical (unpaired) electrons. The highest BCUT2D eigenvalue weighted by atomic mass is 16.2. The van der Waals surface area contributed by atoms with Gasteiger partial charge in [0.2, 0.25) is 5.91 Å². The Kier molecular flexibility index (Phi) is 4.18. The molecule has 7 heteroatoms. The number of amides is 1. The highest BCUT2D eigenvalue weighted by Crippen LogP contribution is 2.35. The summed E-state index contributed by atoms with van der Waals surface area (Å²) in [6.07, 6.45) is 7.61. The summed E-state index contributed by atoms with van der Waals surface area (Å²) in [5, 5.41) is 16.6. The minimum Gasteiger partial charge on any atom is -0.346 e. The third-order valence-electron chi connectivity index (χ3n) is 6.27. The van der Waals surface area contributed by atoms with Crippen LogP contribution in [0.25, 0.3) is 16.6 Å². The number of aromatic amines is 1. The lowest BCUT2D eigenvalue weighted by Crippen LogP contribution is -2.69. The van der Waals surface area contributed by atoms with Gasteiger partial charge in [-0.3, -0.25) is 9.69 Å². The van der Waals surface area contributed by atoms with Gasteiger partial charge in [-0.1, -0.05) is 6.08 Å². The van der Waals surface area contributed by atoms with Crippen molar-refractivity contribution in [2.75, 3.05) is 31.5 Å². The van der Waals surface area contributed by atoms with Gasteiger partial charge in [-0.25, -0.2) is 4.98 Å². The summed E-state index contributed by atoms with van der Waals surface area (Å²) >= 11 is 0. The molecule has 1 amide bonds. The van der Waals surface area contributed by atoms with Crippen molar-refractivity contribution in [1.29, 1.82) is 5.26 Å². The van der Waals surface area contributed by atoms with Crippen LogP contribution in [0.5, 0.6) is 0 Å². The average molecular weight is 376 g/mol. The molecule has 3 aliphatic rings. The van der Waals surface area contributed by atoms with Crippen molar-refractivity contribution in [3.63, 3.8) is 0 Å². The van der Waals surface area contributed by atoms with Gasteiger partial charge in [0.05, 0.1) is 18.0 Å². The minimum atomic E-state index is -0.0121. The second-order valence-electron chi connectivity index (χ2n) is 8.15. The number of carbonyl (C=O) groups is 1. The van der Waals surface area contributed by atoms with Gasteiger partial charge in [0.1, 0.15) is 11.5 Å². The van der Waals surface area contributed by atoms with Crippen LogP contribution < -0.4 is 10.6 Å². The maximum absolute atomic E-state index is 12.2. The molecule has 1 saturated heterocycles. The molecule has 3 N–H and O–H groups in total. The Balaban J connectivity index is 1.42. The topological polar surface area (TPSA) is 96.8 Å². The molecule has 2 fully saturated rings. The van der Waals surface area contributed by atoms with Gasteiger partial charge in [-0.15, -0.1) is 0 Å². The van der Waals surface area contributed by atoms with E-state index in [2.05, 4.69) is 37.6 Å². The van der Waals surface area contributed by atoms with Crippen LogP contribution in [0.15, 0.2) is 24.4 Å². The Bertz CT molecular complexity index is 992. The zero-order valence-corrected chi connectivity index (χ0v) is 15.8. The first-order valence-corrected chi connectivity index (χ1v) is 10.00. The zero-order chi connectivity index (χ0) is 19.1. The molecule has 4 heterocycles. The third-order valence-corrected chi connectivity index (χ3v) is 6.27. The number of carbonyl (C=O) groups excluding carboxylic acids is 1. The lowest BCUT2D eigenvalue weighted by atomic mass is 9.85. The number of aromatic nitrogens is 2. The van der Waals surface area contributed by atoms with Crippen molar-refractivity contribution in [1.82, 2.24) is 20.2 Å². The van der Waals surface area contributed by atoms with Crippen molar-refractivity contribution >= 4 is 28.3 Å². The number of anilines is 1. The Morgan fingerprint density at radius 1 is 1.43 bits per heavy atom. The van der Waals surface area contributed by atoms with E-state index in [4.69, 9.17) is 0 Å². The van der Waals surface area contributed by atoms with Gasteiger partial charge >= 0.3 is 0 Å². The summed E-state index contributed by atoms with van der Waals surface area (Å²) in [6.45, 7) is 3.56. The third kappa shape index (κ3) is 2.99. The number of hydrogen-bond donors (Lipinski definition) is 3. The lowest BCUT2D eigenvalue weighted by molar-refractivity contribution is -0.117. The van der Waals surface area contributed by atoms with Crippen LogP contribution in [-0.2, 0) is 4.79 Å². The molecular weight excluding hydrogens is 352 g/mol. The van der Waals surface area contributed by atoms with E-state index in [-0.39, 0.29) is 17.4 Å². The summed E-state index contributed by atoms with van der Waals surface area (Å²) < 4.78 is 0. The number of nitriles is 1. The van der Waals surface area contributed by atoms with Gasteiger partial charge in [-0.2, -0.15) is 5.26 Å². The number of fused-ring (bicyclic) bond motifs is 1. The van der Waals surface area contributed by atoms with Crippen LogP contribution in [0.1, 0.15) is 31.2 Å². The van der Waals surface area contributed by atoms with Crippen LogP contribution in [-0.4, -0.2) is 52.5 Å². The number of pyridine rings is 1. The van der Waals surface area contributed by atoms with Crippen molar-refractivity contribution in [3.8, 4) is 6.07 Å². The molecule has 2 aromatic heterocycles. The smallest absolute Gasteiger partial charge is 0.228 e. The standard InChI is InChI=1S/C21H24N6O/c22-7-6-21(12-23-13-21)27-9-4-14(5-10-27)17-11-18(26-20(28)15-1-2-15)25-19-16(17)3-8-24-19/h3-4,8,11,15,23H,1-2,5-6,9-10,12-13H2,(H2,24,25,26,28). The van der Waals surface area contributed by atoms with Crippen molar-refractivity contribution in [2.45, 2.75) is 31.2 Å². The predicted molar refractivity (Wildman–Crippen MR) is 107 cm³/mol. The molecule has 144 valence electrons. The van der Waals surface area contributed by atoms with Crippen molar-refractivity contribution < 1.29 is 4.79 Å². The number of nitrogens with zero attached hydrogens (tertiary/aromatic N) is 3. The molecule has 0 atom stereocenters. The van der Waals surface area contributed by atoms with Gasteiger partial charge in [0.15, 0.2) is 0 Å². The Morgan fingerprint density at radius 3 is 2.93 bits per heavy atom. The molecule has 5 rings (SSSR count). The highest BCUT2D eigenvalue weighted by molar-refractivity contribution is 5.97. The first kappa shape index (κ1) is 17.4. The van der Waals surface area contributed by atoms with Gasteiger partial charge in [-0.05, 0) is 42.5 Å². The first-order chi connectivity index (χ1) is 13.7. The minimum absolute atomic E-state index is 0.0121. The van der Waals surface area contributed by atoms with E-state index < -0.39 is 0 Å². The number of nitrogens with one attached hydrogen (secondary N) is 3. The largest absolute Gasteiger partial charge is 0.346 e. The zero-order valence-electron chi connectivity index (χ0n) is 15.8. The maximum Gasteiger partial charge on any atom is 0.228 e. The van der Waals surface area contributed by atoms with E-state index in [9.17, 15) is 10.1 Å². The second-order valence-corrected chi connectivity index (χ2v) is 8.15. The van der Waals surface area contributed by atoms with E-state index >= 15 is 0 Å². The molecular formula is C21H24N6O. The molecule has 1 aliphatic carbocycles. The fourth-order valence-electron chi connectivity index (χ4n) is 4.31. The van der Waals surface area contributed by atoms with Gasteiger partial charge in [0.25, 0.3) is 0 Å². The maximum atomic E-state index is 12.2. The van der Waals surface area contributed by atoms with E-state index in [1.807, 2.05) is 18.3 Å². The van der Waals surface area contributed by atoms with Crippen LogP contribution in [0, 0.1) is 17.2 Å². The van der Waals surface area contributed by atoms with Gasteiger partial charge < -0.3 is 15.6 Å². The van der Waals surface area contributed by atoms with Crippen LogP contribution in [0.4, 0.5) is 5.82 Å². The molecule has 2 aliphatic heterocycles. The molecule has 1 saturated carbocycles. The van der Waals surface area contributed by atoms with Crippen LogP contribution in [0.3, 0.4) is 0 Å². The number of H-pyrrole nitrogens is 1.